The van der Waals surface area contributed by atoms with Gasteiger partial charge in [0.1, 0.15) is 0 Å². The summed E-state index contributed by atoms with van der Waals surface area (Å²) in [4.78, 5) is 12.3. The highest BCUT2D eigenvalue weighted by Crippen LogP contribution is 2.30. The van der Waals surface area contributed by atoms with Crippen LogP contribution in [0.1, 0.15) is 37.6 Å². The molecule has 0 radical (unpaired) electrons. The number of amides is 1. The summed E-state index contributed by atoms with van der Waals surface area (Å²) >= 11 is 0. The minimum atomic E-state index is -0.948. The van der Waals surface area contributed by atoms with Crippen LogP contribution in [0.3, 0.4) is 0 Å². The number of nitrogens with one attached hydrogen (secondary N) is 1. The molecule has 2 N–H and O–H groups in total. The van der Waals surface area contributed by atoms with Gasteiger partial charge >= 0.3 is 0 Å². The van der Waals surface area contributed by atoms with Gasteiger partial charge in [0.25, 0.3) is 5.91 Å². The van der Waals surface area contributed by atoms with Crippen molar-refractivity contribution in [3.05, 3.63) is 23.8 Å². The highest BCUT2D eigenvalue weighted by Gasteiger charge is 2.28. The second-order valence-corrected chi connectivity index (χ2v) is 5.39. The van der Waals surface area contributed by atoms with Crippen LogP contribution < -0.4 is 14.8 Å². The van der Waals surface area contributed by atoms with E-state index in [1.807, 2.05) is 13.8 Å². The third kappa shape index (κ3) is 4.11. The predicted octanol–water partition coefficient (Wildman–Crippen LogP) is 2.23. The fourth-order valence-electron chi connectivity index (χ4n) is 2.03. The third-order valence-electron chi connectivity index (χ3n) is 3.93. The molecule has 5 heteroatoms. The molecule has 1 aromatic rings. The Morgan fingerprint density at radius 2 is 2.05 bits per heavy atom. The lowest BCUT2D eigenvalue weighted by atomic mass is 9.88. The molecule has 5 nitrogen and oxygen atoms in total. The minimum Gasteiger partial charge on any atom is -0.493 e. The van der Waals surface area contributed by atoms with Crippen molar-refractivity contribution in [2.24, 2.45) is 5.92 Å². The molecule has 1 rings (SSSR count). The summed E-state index contributed by atoms with van der Waals surface area (Å²) in [5, 5.41) is 13.1. The van der Waals surface area contributed by atoms with Gasteiger partial charge in [0.2, 0.25) is 0 Å². The Kier molecular flexibility index (Phi) is 6.03. The first-order chi connectivity index (χ1) is 9.87. The van der Waals surface area contributed by atoms with Gasteiger partial charge in [-0.05, 0) is 25.0 Å². The zero-order chi connectivity index (χ0) is 16.0. The summed E-state index contributed by atoms with van der Waals surface area (Å²) in [7, 11) is 3.01. The maximum Gasteiger partial charge on any atom is 0.255 e. The number of benzene rings is 1. The van der Waals surface area contributed by atoms with Gasteiger partial charge in [-0.25, -0.2) is 0 Å². The van der Waals surface area contributed by atoms with Crippen LogP contribution in [0, 0.1) is 5.92 Å². The number of rotatable bonds is 7. The summed E-state index contributed by atoms with van der Waals surface area (Å²) in [6.45, 7) is 5.87. The maximum absolute atomic E-state index is 12.3. The first-order valence-corrected chi connectivity index (χ1v) is 7.08. The summed E-state index contributed by atoms with van der Waals surface area (Å²) in [6, 6.07) is 5.11. The van der Waals surface area contributed by atoms with Crippen molar-refractivity contribution in [2.75, 3.05) is 20.8 Å². The van der Waals surface area contributed by atoms with E-state index in [0.29, 0.717) is 17.1 Å². The highest BCUT2D eigenvalue weighted by molar-refractivity contribution is 5.97. The normalized spacial score (nSPS) is 15.0. The van der Waals surface area contributed by atoms with Gasteiger partial charge in [-0.3, -0.25) is 4.79 Å². The monoisotopic (exact) mass is 295 g/mol. The lowest BCUT2D eigenvalue weighted by Gasteiger charge is -2.29. The number of para-hydroxylation sites is 1. The molecule has 0 saturated heterocycles. The van der Waals surface area contributed by atoms with Crippen LogP contribution in [-0.4, -0.2) is 37.4 Å². The number of hydrogen-bond acceptors (Lipinski definition) is 4. The molecule has 0 aliphatic heterocycles. The van der Waals surface area contributed by atoms with Crippen LogP contribution >= 0.6 is 0 Å². The van der Waals surface area contributed by atoms with E-state index < -0.39 is 5.60 Å². The lowest BCUT2D eigenvalue weighted by molar-refractivity contribution is 0.00590. The van der Waals surface area contributed by atoms with E-state index in [1.54, 1.807) is 25.1 Å². The minimum absolute atomic E-state index is 0.0880. The molecule has 118 valence electrons. The van der Waals surface area contributed by atoms with Crippen molar-refractivity contribution in [1.82, 2.24) is 5.32 Å². The van der Waals surface area contributed by atoms with Crippen LogP contribution in [0.4, 0.5) is 0 Å². The number of aliphatic hydroxyl groups is 1. The molecule has 0 bridgehead atoms. The Labute approximate surface area is 126 Å². The van der Waals surface area contributed by atoms with Gasteiger partial charge in [0.05, 0.1) is 25.4 Å². The molecule has 0 fully saturated rings. The van der Waals surface area contributed by atoms with Crippen LogP contribution in [0.25, 0.3) is 0 Å². The van der Waals surface area contributed by atoms with Crippen LogP contribution in [0.5, 0.6) is 11.5 Å². The molecule has 2 atom stereocenters. The molecule has 0 aromatic heterocycles. The van der Waals surface area contributed by atoms with Crippen LogP contribution in [0.2, 0.25) is 0 Å². The third-order valence-corrected chi connectivity index (χ3v) is 3.93. The van der Waals surface area contributed by atoms with Crippen molar-refractivity contribution < 1.29 is 19.4 Å². The number of hydrogen-bond donors (Lipinski definition) is 2. The summed E-state index contributed by atoms with van der Waals surface area (Å²) in [5.74, 6) is 0.679. The molecule has 1 aromatic carbocycles. The molecule has 1 amide bonds. The van der Waals surface area contributed by atoms with E-state index >= 15 is 0 Å². The second kappa shape index (κ2) is 7.31. The SMILES string of the molecule is CCC(C)C(C)(O)CNC(=O)c1cccc(OC)c1OC. The Balaban J connectivity index is 2.86. The number of carbonyl (C=O) groups is 1. The molecular formula is C16H25NO4. The van der Waals surface area contributed by atoms with Gasteiger partial charge in [0, 0.05) is 6.54 Å². The van der Waals surface area contributed by atoms with E-state index in [2.05, 4.69) is 5.32 Å². The van der Waals surface area contributed by atoms with Crippen molar-refractivity contribution >= 4 is 5.91 Å². The molecule has 2 unspecified atom stereocenters. The van der Waals surface area contributed by atoms with Gasteiger partial charge in [-0.1, -0.05) is 26.3 Å². The van der Waals surface area contributed by atoms with Crippen LogP contribution in [-0.2, 0) is 0 Å². The number of ether oxygens (including phenoxy) is 2. The van der Waals surface area contributed by atoms with Gasteiger partial charge in [-0.2, -0.15) is 0 Å². The fourth-order valence-corrected chi connectivity index (χ4v) is 2.03. The number of methoxy groups -OCH3 is 2. The Hall–Kier alpha value is -1.75. The standard InChI is InChI=1S/C16H25NO4/c1-6-11(2)16(3,19)10-17-15(18)12-8-7-9-13(20-4)14(12)21-5/h7-9,11,19H,6,10H2,1-5H3,(H,17,18). The molecular weight excluding hydrogens is 270 g/mol. The Morgan fingerprint density at radius 3 is 2.57 bits per heavy atom. The lowest BCUT2D eigenvalue weighted by Crippen LogP contribution is -2.45. The molecule has 21 heavy (non-hydrogen) atoms. The first-order valence-electron chi connectivity index (χ1n) is 7.08. The first kappa shape index (κ1) is 17.3. The van der Waals surface area contributed by atoms with E-state index in [0.717, 1.165) is 6.42 Å². The van der Waals surface area contributed by atoms with E-state index in [4.69, 9.17) is 9.47 Å². The largest absolute Gasteiger partial charge is 0.493 e. The average molecular weight is 295 g/mol. The topological polar surface area (TPSA) is 67.8 Å². The van der Waals surface area contributed by atoms with E-state index in [1.165, 1.54) is 14.2 Å². The van der Waals surface area contributed by atoms with Crippen molar-refractivity contribution in [1.29, 1.82) is 0 Å². The Morgan fingerprint density at radius 1 is 1.38 bits per heavy atom. The fraction of sp³-hybridized carbons (Fsp3) is 0.562. The van der Waals surface area contributed by atoms with Gasteiger partial charge in [0.15, 0.2) is 11.5 Å². The summed E-state index contributed by atoms with van der Waals surface area (Å²) < 4.78 is 10.4. The smallest absolute Gasteiger partial charge is 0.255 e. The molecule has 0 aliphatic rings. The molecule has 0 saturated carbocycles. The molecule has 0 heterocycles. The zero-order valence-corrected chi connectivity index (χ0v) is 13.4. The van der Waals surface area contributed by atoms with Gasteiger partial charge < -0.3 is 19.9 Å². The maximum atomic E-state index is 12.3. The van der Waals surface area contributed by atoms with Crippen molar-refractivity contribution in [3.63, 3.8) is 0 Å². The van der Waals surface area contributed by atoms with Crippen molar-refractivity contribution in [2.45, 2.75) is 32.8 Å². The van der Waals surface area contributed by atoms with Gasteiger partial charge in [-0.15, -0.1) is 0 Å². The summed E-state index contributed by atoms with van der Waals surface area (Å²) in [6.07, 6.45) is 0.839. The second-order valence-electron chi connectivity index (χ2n) is 5.39. The highest BCUT2D eigenvalue weighted by atomic mass is 16.5. The van der Waals surface area contributed by atoms with E-state index in [-0.39, 0.29) is 18.4 Å². The van der Waals surface area contributed by atoms with Crippen LogP contribution in [0.15, 0.2) is 18.2 Å². The summed E-state index contributed by atoms with van der Waals surface area (Å²) in [5.41, 5.74) is -0.562. The van der Waals surface area contributed by atoms with Crippen molar-refractivity contribution in [3.8, 4) is 11.5 Å². The molecule has 0 aliphatic carbocycles. The molecule has 0 spiro atoms. The Bertz CT molecular complexity index is 485. The average Bonchev–Trinajstić information content (AvgIpc) is 2.50. The zero-order valence-electron chi connectivity index (χ0n) is 13.4. The predicted molar refractivity (Wildman–Crippen MR) is 82.0 cm³/mol. The quantitative estimate of drug-likeness (QED) is 0.809. The number of carbonyl (C=O) groups excluding carboxylic acids is 1. The van der Waals surface area contributed by atoms with E-state index in [9.17, 15) is 9.90 Å².